The number of aryl methyl sites for hydroxylation is 1. The number of hydrogen-bond acceptors (Lipinski definition) is 4. The highest BCUT2D eigenvalue weighted by Gasteiger charge is 2.22. The minimum atomic E-state index is -0.276. The molecule has 1 aliphatic rings. The van der Waals surface area contributed by atoms with Crippen molar-refractivity contribution in [1.82, 2.24) is 9.88 Å². The van der Waals surface area contributed by atoms with Crippen LogP contribution in [0, 0.1) is 12.7 Å². The van der Waals surface area contributed by atoms with Crippen LogP contribution in [0.25, 0.3) is 0 Å². The third-order valence-corrected chi connectivity index (χ3v) is 4.79. The van der Waals surface area contributed by atoms with Gasteiger partial charge < -0.3 is 10.2 Å². The van der Waals surface area contributed by atoms with Gasteiger partial charge in [-0.1, -0.05) is 11.3 Å². The largest absolute Gasteiger partial charge is 0.338 e. The van der Waals surface area contributed by atoms with E-state index in [1.165, 1.54) is 29.9 Å². The number of halogens is 1. The number of nitrogens with zero attached hydrogens (tertiary/aromatic N) is 2. The Hall–Kier alpha value is -1.95. The Morgan fingerprint density at radius 1 is 1.23 bits per heavy atom. The maximum Gasteiger partial charge on any atom is 0.265 e. The number of thiazole rings is 1. The number of likely N-dealkylation sites (tertiary alicyclic amines) is 1. The zero-order chi connectivity index (χ0) is 15.5. The summed E-state index contributed by atoms with van der Waals surface area (Å²) >= 11 is 1.35. The number of carbonyl (C=O) groups is 1. The molecule has 0 unspecified atom stereocenters. The number of rotatable bonds is 3. The van der Waals surface area contributed by atoms with Crippen molar-refractivity contribution in [2.75, 3.05) is 18.4 Å². The van der Waals surface area contributed by atoms with Crippen LogP contribution in [0.5, 0.6) is 0 Å². The smallest absolute Gasteiger partial charge is 0.265 e. The van der Waals surface area contributed by atoms with E-state index in [4.69, 9.17) is 0 Å². The lowest BCUT2D eigenvalue weighted by Gasteiger charge is -2.26. The molecule has 0 aliphatic carbocycles. The molecule has 6 heteroatoms. The highest BCUT2D eigenvalue weighted by atomic mass is 32.1. The lowest BCUT2D eigenvalue weighted by molar-refractivity contribution is 0.0728. The van der Waals surface area contributed by atoms with Gasteiger partial charge >= 0.3 is 0 Å². The van der Waals surface area contributed by atoms with Gasteiger partial charge in [0.05, 0.1) is 5.69 Å². The summed E-state index contributed by atoms with van der Waals surface area (Å²) in [4.78, 5) is 19.6. The highest BCUT2D eigenvalue weighted by molar-refractivity contribution is 7.17. The maximum absolute atomic E-state index is 12.9. The number of amides is 1. The Balaban J connectivity index is 1.75. The first-order valence-corrected chi connectivity index (χ1v) is 8.24. The van der Waals surface area contributed by atoms with Crippen molar-refractivity contribution in [3.63, 3.8) is 0 Å². The van der Waals surface area contributed by atoms with E-state index in [1.54, 1.807) is 12.1 Å². The number of hydrogen-bond donors (Lipinski definition) is 1. The lowest BCUT2D eigenvalue weighted by atomic mass is 10.1. The van der Waals surface area contributed by atoms with Crippen LogP contribution >= 0.6 is 11.3 Å². The van der Waals surface area contributed by atoms with Crippen LogP contribution < -0.4 is 5.32 Å². The summed E-state index contributed by atoms with van der Waals surface area (Å²) in [5.41, 5.74) is 1.50. The third-order valence-electron chi connectivity index (χ3n) is 3.73. The summed E-state index contributed by atoms with van der Waals surface area (Å²) in [6.45, 7) is 3.51. The molecule has 1 saturated heterocycles. The lowest BCUT2D eigenvalue weighted by Crippen LogP contribution is -2.35. The Labute approximate surface area is 133 Å². The molecule has 0 saturated carbocycles. The van der Waals surface area contributed by atoms with Gasteiger partial charge in [-0.15, -0.1) is 0 Å². The molecule has 22 heavy (non-hydrogen) atoms. The summed E-state index contributed by atoms with van der Waals surface area (Å²) in [6, 6.07) is 6.08. The first kappa shape index (κ1) is 15.0. The van der Waals surface area contributed by atoms with Gasteiger partial charge in [-0.3, -0.25) is 4.79 Å². The standard InChI is InChI=1S/C16H18FN3OS/c1-11-14(15(21)20-9-3-2-4-10-20)22-16(18-11)19-13-7-5-12(17)6-8-13/h5-8H,2-4,9-10H2,1H3,(H,18,19). The molecule has 0 atom stereocenters. The van der Waals surface area contributed by atoms with Crippen molar-refractivity contribution >= 4 is 28.1 Å². The van der Waals surface area contributed by atoms with Crippen LogP contribution in [0.2, 0.25) is 0 Å². The predicted octanol–water partition coefficient (Wildman–Crippen LogP) is 3.96. The van der Waals surface area contributed by atoms with Crippen LogP contribution in [-0.4, -0.2) is 28.9 Å². The summed E-state index contributed by atoms with van der Waals surface area (Å²) < 4.78 is 12.9. The SMILES string of the molecule is Cc1nc(Nc2ccc(F)cc2)sc1C(=O)N1CCCCC1. The fourth-order valence-electron chi connectivity index (χ4n) is 2.55. The third kappa shape index (κ3) is 3.27. The molecule has 1 aliphatic heterocycles. The normalized spacial score (nSPS) is 14.9. The first-order chi connectivity index (χ1) is 10.6. The fourth-order valence-corrected chi connectivity index (χ4v) is 3.50. The van der Waals surface area contributed by atoms with E-state index in [2.05, 4.69) is 10.3 Å². The molecule has 3 rings (SSSR count). The summed E-state index contributed by atoms with van der Waals surface area (Å²) in [5, 5.41) is 3.78. The summed E-state index contributed by atoms with van der Waals surface area (Å²) in [6.07, 6.45) is 3.34. The maximum atomic E-state index is 12.9. The van der Waals surface area contributed by atoms with Crippen molar-refractivity contribution in [1.29, 1.82) is 0 Å². The molecule has 2 heterocycles. The van der Waals surface area contributed by atoms with E-state index in [9.17, 15) is 9.18 Å². The molecule has 2 aromatic rings. The van der Waals surface area contributed by atoms with Crippen molar-refractivity contribution in [3.8, 4) is 0 Å². The average molecular weight is 319 g/mol. The minimum absolute atomic E-state index is 0.0712. The molecule has 1 aromatic heterocycles. The van der Waals surface area contributed by atoms with E-state index in [1.807, 2.05) is 11.8 Å². The summed E-state index contributed by atoms with van der Waals surface area (Å²) in [7, 11) is 0. The number of piperidine rings is 1. The Morgan fingerprint density at radius 3 is 2.59 bits per heavy atom. The van der Waals surface area contributed by atoms with Crippen molar-refractivity contribution < 1.29 is 9.18 Å². The topological polar surface area (TPSA) is 45.2 Å². The van der Waals surface area contributed by atoms with Gasteiger partial charge in [-0.2, -0.15) is 0 Å². The zero-order valence-electron chi connectivity index (χ0n) is 12.4. The van der Waals surface area contributed by atoms with Crippen molar-refractivity contribution in [3.05, 3.63) is 40.7 Å². The van der Waals surface area contributed by atoms with Crippen molar-refractivity contribution in [2.45, 2.75) is 26.2 Å². The monoisotopic (exact) mass is 319 g/mol. The van der Waals surface area contributed by atoms with E-state index in [-0.39, 0.29) is 11.7 Å². The van der Waals surface area contributed by atoms with Crippen LogP contribution in [0.4, 0.5) is 15.2 Å². The second-order valence-corrected chi connectivity index (χ2v) is 6.42. The molecule has 0 bridgehead atoms. The van der Waals surface area contributed by atoms with E-state index in [0.717, 1.165) is 37.3 Å². The average Bonchev–Trinajstić information content (AvgIpc) is 2.90. The second kappa shape index (κ2) is 6.44. The Morgan fingerprint density at radius 2 is 1.91 bits per heavy atom. The van der Waals surface area contributed by atoms with Gasteiger partial charge in [-0.05, 0) is 50.5 Å². The molecule has 4 nitrogen and oxygen atoms in total. The highest BCUT2D eigenvalue weighted by Crippen LogP contribution is 2.27. The fraction of sp³-hybridized carbons (Fsp3) is 0.375. The quantitative estimate of drug-likeness (QED) is 0.931. The van der Waals surface area contributed by atoms with Gasteiger partial charge in [0.2, 0.25) is 0 Å². The molecule has 1 fully saturated rings. The molecular weight excluding hydrogens is 301 g/mol. The van der Waals surface area contributed by atoms with E-state index < -0.39 is 0 Å². The van der Waals surface area contributed by atoms with Crippen LogP contribution in [0.1, 0.15) is 34.6 Å². The van der Waals surface area contributed by atoms with Crippen LogP contribution in [-0.2, 0) is 0 Å². The van der Waals surface area contributed by atoms with Gasteiger partial charge in [0, 0.05) is 18.8 Å². The molecule has 116 valence electrons. The molecule has 1 N–H and O–H groups in total. The Bertz CT molecular complexity index is 663. The van der Waals surface area contributed by atoms with Crippen LogP contribution in [0.15, 0.2) is 24.3 Å². The van der Waals surface area contributed by atoms with Crippen LogP contribution in [0.3, 0.4) is 0 Å². The molecule has 1 amide bonds. The van der Waals surface area contributed by atoms with Gasteiger partial charge in [0.25, 0.3) is 5.91 Å². The molecule has 1 aromatic carbocycles. The van der Waals surface area contributed by atoms with Crippen molar-refractivity contribution in [2.24, 2.45) is 0 Å². The van der Waals surface area contributed by atoms with E-state index >= 15 is 0 Å². The molecule has 0 radical (unpaired) electrons. The number of aromatic nitrogens is 1. The van der Waals surface area contributed by atoms with Gasteiger partial charge in [0.1, 0.15) is 10.7 Å². The minimum Gasteiger partial charge on any atom is -0.338 e. The number of carbonyl (C=O) groups excluding carboxylic acids is 1. The Kier molecular flexibility index (Phi) is 4.38. The molecule has 0 spiro atoms. The predicted molar refractivity (Wildman–Crippen MR) is 86.3 cm³/mol. The number of nitrogens with one attached hydrogen (secondary N) is 1. The number of anilines is 2. The summed E-state index contributed by atoms with van der Waals surface area (Å²) in [5.74, 6) is -0.205. The molecular formula is C16H18FN3OS. The second-order valence-electron chi connectivity index (χ2n) is 5.42. The van der Waals surface area contributed by atoms with Gasteiger partial charge in [-0.25, -0.2) is 9.37 Å². The van der Waals surface area contributed by atoms with E-state index in [0.29, 0.717) is 10.0 Å². The van der Waals surface area contributed by atoms with Gasteiger partial charge in [0.15, 0.2) is 5.13 Å². The first-order valence-electron chi connectivity index (χ1n) is 7.43. The zero-order valence-corrected chi connectivity index (χ0v) is 13.3. The number of benzene rings is 1.